The van der Waals surface area contributed by atoms with Gasteiger partial charge in [-0.25, -0.2) is 9.37 Å². The Morgan fingerprint density at radius 2 is 2.08 bits per heavy atom. The van der Waals surface area contributed by atoms with Crippen LogP contribution < -0.4 is 0 Å². The van der Waals surface area contributed by atoms with Gasteiger partial charge >= 0.3 is 0 Å². The van der Waals surface area contributed by atoms with Crippen molar-refractivity contribution >= 4 is 10.9 Å². The van der Waals surface area contributed by atoms with Crippen LogP contribution in [0.5, 0.6) is 0 Å². The van der Waals surface area contributed by atoms with Crippen LogP contribution in [-0.4, -0.2) is 58.2 Å². The molecular formula is C19H26FN3O. The number of aliphatic hydroxyl groups is 1. The van der Waals surface area contributed by atoms with E-state index in [1.165, 1.54) is 6.07 Å². The van der Waals surface area contributed by atoms with Crippen LogP contribution in [0.15, 0.2) is 30.3 Å². The molecule has 0 spiro atoms. The third kappa shape index (κ3) is 3.74. The van der Waals surface area contributed by atoms with E-state index in [2.05, 4.69) is 28.6 Å². The fraction of sp³-hybridized carbons (Fsp3) is 0.526. The van der Waals surface area contributed by atoms with E-state index in [0.29, 0.717) is 17.6 Å². The minimum atomic E-state index is -0.267. The third-order valence-corrected chi connectivity index (χ3v) is 4.85. The van der Waals surface area contributed by atoms with E-state index in [4.69, 9.17) is 0 Å². The monoisotopic (exact) mass is 331 g/mol. The average molecular weight is 331 g/mol. The predicted molar refractivity (Wildman–Crippen MR) is 94.3 cm³/mol. The number of nitrogens with zero attached hydrogens (tertiary/aromatic N) is 3. The van der Waals surface area contributed by atoms with E-state index in [9.17, 15) is 9.50 Å². The lowest BCUT2D eigenvalue weighted by Gasteiger charge is -2.43. The van der Waals surface area contributed by atoms with Crippen LogP contribution in [0.25, 0.3) is 10.9 Å². The van der Waals surface area contributed by atoms with Crippen LogP contribution in [-0.2, 0) is 6.54 Å². The van der Waals surface area contributed by atoms with E-state index in [1.54, 1.807) is 6.07 Å². The maximum absolute atomic E-state index is 13.9. The summed E-state index contributed by atoms with van der Waals surface area (Å²) < 4.78 is 13.9. The van der Waals surface area contributed by atoms with Crippen LogP contribution in [0.4, 0.5) is 4.39 Å². The van der Waals surface area contributed by atoms with Gasteiger partial charge < -0.3 is 5.11 Å². The summed E-state index contributed by atoms with van der Waals surface area (Å²) in [5.41, 5.74) is 1.34. The van der Waals surface area contributed by atoms with E-state index < -0.39 is 0 Å². The summed E-state index contributed by atoms with van der Waals surface area (Å²) in [6.07, 6.45) is 0.786. The number of hydrogen-bond donors (Lipinski definition) is 1. The van der Waals surface area contributed by atoms with Crippen molar-refractivity contribution in [2.45, 2.75) is 38.9 Å². The molecule has 2 aromatic rings. The molecule has 1 saturated heterocycles. The molecule has 0 amide bonds. The van der Waals surface area contributed by atoms with Gasteiger partial charge in [-0.15, -0.1) is 0 Å². The minimum absolute atomic E-state index is 0.209. The Kier molecular flexibility index (Phi) is 5.43. The highest BCUT2D eigenvalue weighted by atomic mass is 19.1. The summed E-state index contributed by atoms with van der Waals surface area (Å²) in [4.78, 5) is 9.33. The first-order chi connectivity index (χ1) is 11.6. The molecule has 24 heavy (non-hydrogen) atoms. The second kappa shape index (κ2) is 7.55. The number of hydrogen-bond acceptors (Lipinski definition) is 4. The van der Waals surface area contributed by atoms with Gasteiger partial charge in [-0.2, -0.15) is 0 Å². The molecule has 3 rings (SSSR count). The van der Waals surface area contributed by atoms with E-state index in [1.807, 2.05) is 18.2 Å². The maximum atomic E-state index is 13.9. The Balaban J connectivity index is 1.73. The number of aromatic nitrogens is 1. The molecule has 0 bridgehead atoms. The lowest BCUT2D eigenvalue weighted by atomic mass is 10.1. The van der Waals surface area contributed by atoms with Gasteiger partial charge in [0.25, 0.3) is 0 Å². The Labute approximate surface area is 142 Å². The van der Waals surface area contributed by atoms with Gasteiger partial charge in [-0.3, -0.25) is 9.80 Å². The molecule has 2 heterocycles. The van der Waals surface area contributed by atoms with Crippen LogP contribution in [0.2, 0.25) is 0 Å². The van der Waals surface area contributed by atoms with E-state index in [0.717, 1.165) is 43.7 Å². The Morgan fingerprint density at radius 3 is 2.83 bits per heavy atom. The molecule has 0 aliphatic carbocycles. The fourth-order valence-electron chi connectivity index (χ4n) is 3.63. The molecule has 1 unspecified atom stereocenters. The first-order valence-electron chi connectivity index (χ1n) is 8.71. The molecule has 4 nitrogen and oxygen atoms in total. The standard InChI is InChI=1S/C19H26FN3O/c1-14(2)23-10-9-22(13-17(23)8-11-24)12-16-7-6-15-4-3-5-18(20)19(15)21-16/h3-7,14,17,24H,8-13H2,1-2H3. The molecule has 1 aliphatic rings. The zero-order chi connectivity index (χ0) is 17.1. The number of para-hydroxylation sites is 1. The van der Waals surface area contributed by atoms with Gasteiger partial charge in [0.05, 0.1) is 5.69 Å². The molecule has 1 aromatic heterocycles. The maximum Gasteiger partial charge on any atom is 0.149 e. The second-order valence-electron chi connectivity index (χ2n) is 6.85. The molecule has 1 aliphatic heterocycles. The lowest BCUT2D eigenvalue weighted by molar-refractivity contribution is 0.0344. The zero-order valence-electron chi connectivity index (χ0n) is 14.5. The molecule has 1 aromatic carbocycles. The summed E-state index contributed by atoms with van der Waals surface area (Å²) in [7, 11) is 0. The highest BCUT2D eigenvalue weighted by Crippen LogP contribution is 2.20. The molecule has 0 saturated carbocycles. The lowest BCUT2D eigenvalue weighted by Crippen LogP contribution is -2.55. The van der Waals surface area contributed by atoms with Crippen molar-refractivity contribution in [2.75, 3.05) is 26.2 Å². The van der Waals surface area contributed by atoms with Crippen LogP contribution >= 0.6 is 0 Å². The minimum Gasteiger partial charge on any atom is -0.396 e. The highest BCUT2D eigenvalue weighted by molar-refractivity contribution is 5.79. The SMILES string of the molecule is CC(C)N1CCN(Cc2ccc3cccc(F)c3n2)CC1CCO. The Hall–Kier alpha value is -1.56. The Bertz CT molecular complexity index is 691. The van der Waals surface area contributed by atoms with Crippen LogP contribution in [0, 0.1) is 5.82 Å². The van der Waals surface area contributed by atoms with Gasteiger partial charge in [0.15, 0.2) is 0 Å². The number of fused-ring (bicyclic) bond motifs is 1. The zero-order valence-corrected chi connectivity index (χ0v) is 14.5. The Morgan fingerprint density at radius 1 is 1.25 bits per heavy atom. The topological polar surface area (TPSA) is 39.6 Å². The number of aliphatic hydroxyl groups excluding tert-OH is 1. The van der Waals surface area contributed by atoms with E-state index >= 15 is 0 Å². The number of benzene rings is 1. The summed E-state index contributed by atoms with van der Waals surface area (Å²) >= 11 is 0. The van der Waals surface area contributed by atoms with Crippen molar-refractivity contribution in [1.82, 2.24) is 14.8 Å². The number of pyridine rings is 1. The normalized spacial score (nSPS) is 20.1. The smallest absolute Gasteiger partial charge is 0.149 e. The van der Waals surface area contributed by atoms with Crippen LogP contribution in [0.3, 0.4) is 0 Å². The summed E-state index contributed by atoms with van der Waals surface area (Å²) in [6.45, 7) is 8.21. The van der Waals surface area contributed by atoms with Gasteiger partial charge in [-0.05, 0) is 32.4 Å². The molecule has 130 valence electrons. The fourth-order valence-corrected chi connectivity index (χ4v) is 3.63. The van der Waals surface area contributed by atoms with Crippen LogP contribution in [0.1, 0.15) is 26.0 Å². The average Bonchev–Trinajstić information content (AvgIpc) is 2.56. The van der Waals surface area contributed by atoms with Gasteiger partial charge in [0, 0.05) is 50.3 Å². The van der Waals surface area contributed by atoms with Crippen molar-refractivity contribution < 1.29 is 9.50 Å². The summed E-state index contributed by atoms with van der Waals surface area (Å²) in [5.74, 6) is -0.267. The largest absolute Gasteiger partial charge is 0.396 e. The van der Waals surface area contributed by atoms with Crippen molar-refractivity contribution in [3.63, 3.8) is 0 Å². The first kappa shape index (κ1) is 17.3. The molecule has 1 fully saturated rings. The molecule has 1 N–H and O–H groups in total. The molecule has 5 heteroatoms. The molecular weight excluding hydrogens is 305 g/mol. The number of rotatable bonds is 5. The number of piperazine rings is 1. The molecule has 0 radical (unpaired) electrons. The predicted octanol–water partition coefficient (Wildman–Crippen LogP) is 2.65. The van der Waals surface area contributed by atoms with E-state index in [-0.39, 0.29) is 12.4 Å². The van der Waals surface area contributed by atoms with Crippen molar-refractivity contribution in [2.24, 2.45) is 0 Å². The quantitative estimate of drug-likeness (QED) is 0.914. The van der Waals surface area contributed by atoms with Crippen molar-refractivity contribution in [1.29, 1.82) is 0 Å². The first-order valence-corrected chi connectivity index (χ1v) is 8.71. The van der Waals surface area contributed by atoms with Gasteiger partial charge in [0.2, 0.25) is 0 Å². The van der Waals surface area contributed by atoms with Gasteiger partial charge in [0.1, 0.15) is 11.3 Å². The third-order valence-electron chi connectivity index (χ3n) is 4.85. The highest BCUT2D eigenvalue weighted by Gasteiger charge is 2.28. The van der Waals surface area contributed by atoms with Crippen molar-refractivity contribution in [3.8, 4) is 0 Å². The second-order valence-corrected chi connectivity index (χ2v) is 6.85. The molecule has 1 atom stereocenters. The summed E-state index contributed by atoms with van der Waals surface area (Å²) in [6, 6.07) is 9.82. The van der Waals surface area contributed by atoms with Gasteiger partial charge in [-0.1, -0.05) is 18.2 Å². The number of halogens is 1. The van der Waals surface area contributed by atoms with Crippen molar-refractivity contribution in [3.05, 3.63) is 41.8 Å². The summed E-state index contributed by atoms with van der Waals surface area (Å²) in [5, 5.41) is 10.2.